The van der Waals surface area contributed by atoms with Gasteiger partial charge in [0.2, 0.25) is 5.75 Å². The zero-order valence-corrected chi connectivity index (χ0v) is 27.2. The highest BCUT2D eigenvalue weighted by molar-refractivity contribution is 9.10. The Morgan fingerprint density at radius 2 is 1.50 bits per heavy atom. The van der Waals surface area contributed by atoms with Crippen molar-refractivity contribution < 1.29 is 19.0 Å². The lowest BCUT2D eigenvalue weighted by atomic mass is 9.91. The SMILES string of the molecule is COc1cc(C(=O)N2N=C(c3c(-c4ccccc4)c4cc(Br)ccc4[nH]c3=O)CC2c2ccc(Br)cc2)cc(OC)c1OC. The van der Waals surface area contributed by atoms with E-state index in [1.807, 2.05) is 72.8 Å². The first kappa shape index (κ1) is 29.7. The van der Waals surface area contributed by atoms with E-state index < -0.39 is 6.04 Å². The van der Waals surface area contributed by atoms with Gasteiger partial charge in [-0.1, -0.05) is 74.3 Å². The standard InChI is InChI=1S/C34H27Br2N3O5/c1-42-28-15-21(16-29(43-2)32(28)44-3)34(41)39-27(19-9-11-22(35)12-10-19)18-26(38-39)31-30(20-7-5-4-6-8-20)24-17-23(36)13-14-25(24)37-33(31)40/h4-17,27H,18H2,1-3H3,(H,37,40). The third kappa shape index (κ3) is 5.39. The summed E-state index contributed by atoms with van der Waals surface area (Å²) in [6.07, 6.45) is 0.320. The summed E-state index contributed by atoms with van der Waals surface area (Å²) in [6, 6.07) is 26.0. The van der Waals surface area contributed by atoms with E-state index >= 15 is 0 Å². The number of fused-ring (bicyclic) bond motifs is 1. The van der Waals surface area contributed by atoms with Gasteiger partial charge in [0.15, 0.2) is 11.5 Å². The lowest BCUT2D eigenvalue weighted by Crippen LogP contribution is -2.27. The Hall–Kier alpha value is -4.41. The molecule has 1 atom stereocenters. The van der Waals surface area contributed by atoms with Gasteiger partial charge in [0.05, 0.1) is 38.6 Å². The molecule has 6 rings (SSSR count). The molecule has 0 aliphatic carbocycles. The molecule has 0 spiro atoms. The van der Waals surface area contributed by atoms with Gasteiger partial charge < -0.3 is 19.2 Å². The molecule has 0 fully saturated rings. The summed E-state index contributed by atoms with van der Waals surface area (Å²) < 4.78 is 18.3. The summed E-state index contributed by atoms with van der Waals surface area (Å²) in [5.74, 6) is 0.694. The van der Waals surface area contributed by atoms with Crippen LogP contribution in [0, 0.1) is 0 Å². The van der Waals surface area contributed by atoms with Gasteiger partial charge in [-0.15, -0.1) is 0 Å². The van der Waals surface area contributed by atoms with Gasteiger partial charge in [-0.05, 0) is 53.6 Å². The summed E-state index contributed by atoms with van der Waals surface area (Å²) in [4.78, 5) is 31.2. The Balaban J connectivity index is 1.56. The van der Waals surface area contributed by atoms with Crippen LogP contribution >= 0.6 is 31.9 Å². The number of nitrogens with one attached hydrogen (secondary N) is 1. The number of pyridine rings is 1. The van der Waals surface area contributed by atoms with Crippen LogP contribution in [0.1, 0.15) is 33.9 Å². The maximum atomic E-state index is 14.3. The quantitative estimate of drug-likeness (QED) is 0.186. The van der Waals surface area contributed by atoms with Crippen LogP contribution in [0.15, 0.2) is 104 Å². The molecular formula is C34H27Br2N3O5. The molecule has 0 saturated carbocycles. The number of ether oxygens (including phenoxy) is 3. The number of aromatic amines is 1. The first-order valence-corrected chi connectivity index (χ1v) is 15.3. The third-order valence-electron chi connectivity index (χ3n) is 7.61. The summed E-state index contributed by atoms with van der Waals surface area (Å²) in [5.41, 5.74) is 4.13. The molecule has 5 aromatic rings. The molecule has 44 heavy (non-hydrogen) atoms. The second-order valence-electron chi connectivity index (χ2n) is 10.1. The Labute approximate surface area is 270 Å². The van der Waals surface area contributed by atoms with Crippen molar-refractivity contribution >= 4 is 54.4 Å². The molecule has 8 nitrogen and oxygen atoms in total. The van der Waals surface area contributed by atoms with Crippen LogP contribution in [0.2, 0.25) is 0 Å². The lowest BCUT2D eigenvalue weighted by Gasteiger charge is -2.23. The summed E-state index contributed by atoms with van der Waals surface area (Å²) in [6.45, 7) is 0. The molecule has 1 N–H and O–H groups in total. The molecule has 10 heteroatoms. The van der Waals surface area contributed by atoms with E-state index in [2.05, 4.69) is 36.8 Å². The molecule has 1 aliphatic heterocycles. The number of methoxy groups -OCH3 is 3. The predicted octanol–water partition coefficient (Wildman–Crippen LogP) is 7.74. The van der Waals surface area contributed by atoms with Crippen LogP contribution in [-0.2, 0) is 0 Å². The fraction of sp³-hybridized carbons (Fsp3) is 0.147. The number of aromatic nitrogens is 1. The first-order chi connectivity index (χ1) is 21.3. The number of H-pyrrole nitrogens is 1. The normalized spacial score (nSPS) is 14.4. The van der Waals surface area contributed by atoms with Crippen LogP contribution in [0.4, 0.5) is 0 Å². The predicted molar refractivity (Wildman–Crippen MR) is 178 cm³/mol. The largest absolute Gasteiger partial charge is 0.493 e. The van der Waals surface area contributed by atoms with Crippen molar-refractivity contribution in [3.8, 4) is 28.4 Å². The van der Waals surface area contributed by atoms with E-state index in [0.717, 1.165) is 31.0 Å². The van der Waals surface area contributed by atoms with Gasteiger partial charge in [0.1, 0.15) is 0 Å². The van der Waals surface area contributed by atoms with Crippen LogP contribution in [0.25, 0.3) is 22.0 Å². The minimum absolute atomic E-state index is 0.283. The Morgan fingerprint density at radius 3 is 2.14 bits per heavy atom. The maximum Gasteiger partial charge on any atom is 0.274 e. The summed E-state index contributed by atoms with van der Waals surface area (Å²) in [5, 5.41) is 7.19. The van der Waals surface area contributed by atoms with E-state index in [4.69, 9.17) is 19.3 Å². The summed E-state index contributed by atoms with van der Waals surface area (Å²) >= 11 is 7.10. The second-order valence-corrected chi connectivity index (χ2v) is 12.0. The third-order valence-corrected chi connectivity index (χ3v) is 8.63. The number of hydrogen-bond donors (Lipinski definition) is 1. The first-order valence-electron chi connectivity index (χ1n) is 13.7. The molecule has 0 bridgehead atoms. The number of amides is 1. The monoisotopic (exact) mass is 715 g/mol. The topological polar surface area (TPSA) is 93.2 Å². The van der Waals surface area contributed by atoms with Crippen molar-refractivity contribution in [3.05, 3.63) is 121 Å². The molecule has 1 aromatic heterocycles. The average Bonchev–Trinajstić information content (AvgIpc) is 3.48. The highest BCUT2D eigenvalue weighted by Crippen LogP contribution is 2.41. The van der Waals surface area contributed by atoms with Gasteiger partial charge in [0, 0.05) is 37.4 Å². The average molecular weight is 717 g/mol. The van der Waals surface area contributed by atoms with Crippen molar-refractivity contribution in [2.45, 2.75) is 12.5 Å². The van der Waals surface area contributed by atoms with Crippen LogP contribution < -0.4 is 19.8 Å². The van der Waals surface area contributed by atoms with Crippen molar-refractivity contribution in [3.63, 3.8) is 0 Å². The van der Waals surface area contributed by atoms with Gasteiger partial charge in [0.25, 0.3) is 11.5 Å². The number of carbonyl (C=O) groups excluding carboxylic acids is 1. The fourth-order valence-corrected chi connectivity index (χ4v) is 6.20. The number of benzene rings is 4. The Morgan fingerprint density at radius 1 is 0.841 bits per heavy atom. The number of hydrazone groups is 1. The molecule has 1 unspecified atom stereocenters. The molecule has 0 radical (unpaired) electrons. The Kier molecular flexibility index (Phi) is 8.29. The molecule has 1 aliphatic rings. The van der Waals surface area contributed by atoms with Crippen LogP contribution in [-0.4, -0.2) is 42.9 Å². The van der Waals surface area contributed by atoms with Gasteiger partial charge in [-0.25, -0.2) is 5.01 Å². The van der Waals surface area contributed by atoms with E-state index in [9.17, 15) is 9.59 Å². The van der Waals surface area contributed by atoms with Gasteiger partial charge >= 0.3 is 0 Å². The summed E-state index contributed by atoms with van der Waals surface area (Å²) in [7, 11) is 4.50. The molecule has 4 aromatic carbocycles. The number of carbonyl (C=O) groups is 1. The zero-order chi connectivity index (χ0) is 31.0. The highest BCUT2D eigenvalue weighted by Gasteiger charge is 2.36. The van der Waals surface area contributed by atoms with E-state index in [0.29, 0.717) is 46.0 Å². The van der Waals surface area contributed by atoms with Crippen molar-refractivity contribution in [2.75, 3.05) is 21.3 Å². The van der Waals surface area contributed by atoms with Crippen LogP contribution in [0.5, 0.6) is 17.2 Å². The van der Waals surface area contributed by atoms with Crippen LogP contribution in [0.3, 0.4) is 0 Å². The van der Waals surface area contributed by atoms with Crippen molar-refractivity contribution in [1.82, 2.24) is 9.99 Å². The fourth-order valence-electron chi connectivity index (χ4n) is 5.58. The minimum atomic E-state index is -0.481. The van der Waals surface area contributed by atoms with Gasteiger partial charge in [-0.2, -0.15) is 5.10 Å². The minimum Gasteiger partial charge on any atom is -0.493 e. The maximum absolute atomic E-state index is 14.3. The molecule has 1 amide bonds. The number of rotatable bonds is 7. The molecule has 2 heterocycles. The smallest absolute Gasteiger partial charge is 0.274 e. The number of hydrogen-bond acceptors (Lipinski definition) is 6. The highest BCUT2D eigenvalue weighted by atomic mass is 79.9. The molecular weight excluding hydrogens is 690 g/mol. The Bertz CT molecular complexity index is 1950. The van der Waals surface area contributed by atoms with Gasteiger partial charge in [-0.3, -0.25) is 9.59 Å². The zero-order valence-electron chi connectivity index (χ0n) is 24.1. The van der Waals surface area contributed by atoms with Crippen molar-refractivity contribution in [2.24, 2.45) is 5.10 Å². The number of nitrogens with zero attached hydrogens (tertiary/aromatic N) is 2. The van der Waals surface area contributed by atoms with E-state index in [1.54, 1.807) is 12.1 Å². The molecule has 222 valence electrons. The van der Waals surface area contributed by atoms with E-state index in [1.165, 1.54) is 26.3 Å². The number of halogens is 2. The van der Waals surface area contributed by atoms with Crippen molar-refractivity contribution in [1.29, 1.82) is 0 Å². The van der Waals surface area contributed by atoms with E-state index in [-0.39, 0.29) is 11.5 Å². The lowest BCUT2D eigenvalue weighted by molar-refractivity contribution is 0.0710. The molecule has 0 saturated heterocycles. The second kappa shape index (κ2) is 12.3.